The number of nitrogens with two attached hydrogens (primary N) is 1. The monoisotopic (exact) mass is 456 g/mol. The molecule has 1 atom stereocenters. The Morgan fingerprint density at radius 3 is 2.91 bits per heavy atom. The zero-order valence-electron chi connectivity index (χ0n) is 19.1. The molecule has 2 aromatic heterocycles. The summed E-state index contributed by atoms with van der Waals surface area (Å²) in [5, 5.41) is 3.88. The fraction of sp³-hybridized carbons (Fsp3) is 0.600. The van der Waals surface area contributed by atoms with Gasteiger partial charge in [0.25, 0.3) is 0 Å². The number of anilines is 1. The summed E-state index contributed by atoms with van der Waals surface area (Å²) in [6.07, 6.45) is 15.3. The number of furan rings is 1. The number of thiazole rings is 1. The third-order valence-electron chi connectivity index (χ3n) is 6.92. The zero-order chi connectivity index (χ0) is 22.3. The third kappa shape index (κ3) is 6.23. The summed E-state index contributed by atoms with van der Waals surface area (Å²) in [4.78, 5) is 20.8. The number of amides is 1. The first-order chi connectivity index (χ1) is 15.6. The molecule has 4 rings (SSSR count). The molecule has 1 saturated carbocycles. The molecule has 2 aliphatic carbocycles. The van der Waals surface area contributed by atoms with E-state index in [1.807, 2.05) is 12.1 Å². The highest BCUT2D eigenvalue weighted by Gasteiger charge is 2.28. The third-order valence-corrected chi connectivity index (χ3v) is 7.87. The number of carbonyl (C=O) groups excluding carboxylic acids is 1. The fourth-order valence-corrected chi connectivity index (χ4v) is 6.14. The Morgan fingerprint density at radius 1 is 1.31 bits per heavy atom. The van der Waals surface area contributed by atoms with E-state index >= 15 is 0 Å². The van der Waals surface area contributed by atoms with Crippen LogP contribution in [0.5, 0.6) is 0 Å². The van der Waals surface area contributed by atoms with Crippen molar-refractivity contribution in [3.8, 4) is 0 Å². The van der Waals surface area contributed by atoms with Crippen molar-refractivity contribution in [3.05, 3.63) is 40.8 Å². The van der Waals surface area contributed by atoms with E-state index in [0.29, 0.717) is 17.8 Å². The molecule has 0 bridgehead atoms. The van der Waals surface area contributed by atoms with Crippen LogP contribution in [-0.4, -0.2) is 41.0 Å². The lowest BCUT2D eigenvalue weighted by atomic mass is 9.83. The quantitative estimate of drug-likeness (QED) is 0.536. The molecule has 2 aromatic rings. The van der Waals surface area contributed by atoms with E-state index in [4.69, 9.17) is 10.2 Å². The Balaban J connectivity index is 1.20. The van der Waals surface area contributed by atoms with Crippen molar-refractivity contribution in [1.82, 2.24) is 15.2 Å². The SMILES string of the molecule is CCCN(CCC1CCC(NC(=O)/C=C/c2ccco2)CC1)[C@H]1CCc2nc(N)sc2C1. The number of aromatic nitrogens is 1. The normalized spacial score (nSPS) is 23.5. The van der Waals surface area contributed by atoms with Crippen molar-refractivity contribution in [2.45, 2.75) is 76.8 Å². The molecule has 0 radical (unpaired) electrons. The lowest BCUT2D eigenvalue weighted by molar-refractivity contribution is -0.117. The largest absolute Gasteiger partial charge is 0.465 e. The van der Waals surface area contributed by atoms with Crippen LogP contribution in [0.2, 0.25) is 0 Å². The highest BCUT2D eigenvalue weighted by atomic mass is 32.1. The van der Waals surface area contributed by atoms with Gasteiger partial charge in [0, 0.05) is 23.0 Å². The number of nitrogens with zero attached hydrogens (tertiary/aromatic N) is 2. The maximum atomic E-state index is 12.2. The van der Waals surface area contributed by atoms with Crippen LogP contribution < -0.4 is 11.1 Å². The van der Waals surface area contributed by atoms with Gasteiger partial charge in [-0.3, -0.25) is 4.79 Å². The van der Waals surface area contributed by atoms with E-state index < -0.39 is 0 Å². The molecule has 0 aromatic carbocycles. The van der Waals surface area contributed by atoms with E-state index in [1.54, 1.807) is 29.8 Å². The first-order valence-electron chi connectivity index (χ1n) is 12.1. The van der Waals surface area contributed by atoms with E-state index in [0.717, 1.165) is 36.7 Å². The molecule has 6 nitrogen and oxygen atoms in total. The molecule has 174 valence electrons. The van der Waals surface area contributed by atoms with Crippen LogP contribution >= 0.6 is 11.3 Å². The average Bonchev–Trinajstić information content (AvgIpc) is 3.44. The lowest BCUT2D eigenvalue weighted by Gasteiger charge is -2.36. The van der Waals surface area contributed by atoms with Gasteiger partial charge in [-0.15, -0.1) is 11.3 Å². The molecule has 1 fully saturated rings. The molecular formula is C25H36N4O2S. The van der Waals surface area contributed by atoms with Gasteiger partial charge in [-0.1, -0.05) is 6.92 Å². The Labute approximate surface area is 195 Å². The molecule has 0 unspecified atom stereocenters. The number of hydrogen-bond acceptors (Lipinski definition) is 6. The number of carbonyl (C=O) groups is 1. The molecule has 2 aliphatic rings. The van der Waals surface area contributed by atoms with Gasteiger partial charge in [0.05, 0.1) is 12.0 Å². The number of hydrogen-bond donors (Lipinski definition) is 2. The second-order valence-electron chi connectivity index (χ2n) is 9.22. The molecular weight excluding hydrogens is 420 g/mol. The molecule has 0 saturated heterocycles. The van der Waals surface area contributed by atoms with Crippen LogP contribution in [0.15, 0.2) is 28.9 Å². The molecule has 0 spiro atoms. The second-order valence-corrected chi connectivity index (χ2v) is 10.3. The molecule has 1 amide bonds. The van der Waals surface area contributed by atoms with Crippen molar-refractivity contribution >= 4 is 28.5 Å². The zero-order valence-corrected chi connectivity index (χ0v) is 19.9. The van der Waals surface area contributed by atoms with Gasteiger partial charge >= 0.3 is 0 Å². The molecule has 32 heavy (non-hydrogen) atoms. The van der Waals surface area contributed by atoms with Crippen LogP contribution in [0.1, 0.15) is 68.2 Å². The number of nitrogens with one attached hydrogen (secondary N) is 1. The van der Waals surface area contributed by atoms with Crippen LogP contribution in [-0.2, 0) is 17.6 Å². The summed E-state index contributed by atoms with van der Waals surface area (Å²) in [5.41, 5.74) is 7.17. The maximum Gasteiger partial charge on any atom is 0.244 e. The second kappa shape index (κ2) is 11.1. The summed E-state index contributed by atoms with van der Waals surface area (Å²) in [5.74, 6) is 1.44. The van der Waals surface area contributed by atoms with E-state index in [1.165, 1.54) is 55.8 Å². The summed E-state index contributed by atoms with van der Waals surface area (Å²) in [7, 11) is 0. The number of aryl methyl sites for hydroxylation is 1. The van der Waals surface area contributed by atoms with E-state index in [2.05, 4.69) is 22.1 Å². The number of fused-ring (bicyclic) bond motifs is 1. The van der Waals surface area contributed by atoms with Crippen molar-refractivity contribution in [2.75, 3.05) is 18.8 Å². The maximum absolute atomic E-state index is 12.2. The predicted molar refractivity (Wildman–Crippen MR) is 130 cm³/mol. The molecule has 3 N–H and O–H groups in total. The summed E-state index contributed by atoms with van der Waals surface area (Å²) >= 11 is 1.68. The van der Waals surface area contributed by atoms with Gasteiger partial charge in [-0.2, -0.15) is 0 Å². The van der Waals surface area contributed by atoms with Gasteiger partial charge in [0.1, 0.15) is 5.76 Å². The van der Waals surface area contributed by atoms with Crippen molar-refractivity contribution < 1.29 is 9.21 Å². The average molecular weight is 457 g/mol. The Hall–Kier alpha value is -2.12. The van der Waals surface area contributed by atoms with Gasteiger partial charge in [-0.05, 0) is 95.0 Å². The van der Waals surface area contributed by atoms with Crippen molar-refractivity contribution in [2.24, 2.45) is 5.92 Å². The minimum atomic E-state index is -0.0284. The highest BCUT2D eigenvalue weighted by Crippen LogP contribution is 2.32. The van der Waals surface area contributed by atoms with E-state index in [9.17, 15) is 4.79 Å². The Morgan fingerprint density at radius 2 is 2.16 bits per heavy atom. The molecule has 7 heteroatoms. The fourth-order valence-electron chi connectivity index (χ4n) is 5.19. The van der Waals surface area contributed by atoms with E-state index in [-0.39, 0.29) is 5.91 Å². The predicted octanol–water partition coefficient (Wildman–Crippen LogP) is 4.67. The summed E-state index contributed by atoms with van der Waals surface area (Å²) < 4.78 is 5.23. The smallest absolute Gasteiger partial charge is 0.244 e. The molecule has 2 heterocycles. The number of nitrogen functional groups attached to an aromatic ring is 1. The lowest BCUT2D eigenvalue weighted by Crippen LogP contribution is -2.41. The van der Waals surface area contributed by atoms with Crippen LogP contribution in [0.4, 0.5) is 5.13 Å². The highest BCUT2D eigenvalue weighted by molar-refractivity contribution is 7.15. The topological polar surface area (TPSA) is 84.4 Å². The summed E-state index contributed by atoms with van der Waals surface area (Å²) in [6, 6.07) is 4.58. The van der Waals surface area contributed by atoms with Crippen LogP contribution in [0, 0.1) is 5.92 Å². The van der Waals surface area contributed by atoms with Crippen molar-refractivity contribution in [1.29, 1.82) is 0 Å². The standard InChI is InChI=1S/C25H36N4O2S/c1-2-14-29(20-9-11-22-23(17-20)32-25(26)28-22)15-13-18-5-7-19(8-6-18)27-24(30)12-10-21-4-3-16-31-21/h3-4,10,12,16,18-20H,2,5-9,11,13-15,17H2,1H3,(H2,26,28)(H,27,30)/b12-10+/t18?,19?,20-/m0/s1. The van der Waals surface area contributed by atoms with Crippen LogP contribution in [0.3, 0.4) is 0 Å². The van der Waals surface area contributed by atoms with Gasteiger partial charge < -0.3 is 20.4 Å². The minimum Gasteiger partial charge on any atom is -0.465 e. The van der Waals surface area contributed by atoms with Gasteiger partial charge in [0.15, 0.2) is 5.13 Å². The first kappa shape index (κ1) is 23.1. The van der Waals surface area contributed by atoms with Gasteiger partial charge in [-0.25, -0.2) is 4.98 Å². The van der Waals surface area contributed by atoms with Crippen molar-refractivity contribution in [3.63, 3.8) is 0 Å². The minimum absolute atomic E-state index is 0.0284. The first-order valence-corrected chi connectivity index (χ1v) is 12.9. The summed E-state index contributed by atoms with van der Waals surface area (Å²) in [6.45, 7) is 4.62. The van der Waals surface area contributed by atoms with Gasteiger partial charge in [0.2, 0.25) is 5.91 Å². The Bertz CT molecular complexity index is 884. The molecule has 0 aliphatic heterocycles. The van der Waals surface area contributed by atoms with Crippen LogP contribution in [0.25, 0.3) is 6.08 Å². The Kier molecular flexibility index (Phi) is 8.03. The number of rotatable bonds is 9.